The number of nitrogens with one attached hydrogen (secondary N) is 1. The molecule has 0 spiro atoms. The number of primary sulfonamides is 1. The molecule has 1 saturated carbocycles. The van der Waals surface area contributed by atoms with E-state index in [1.54, 1.807) is 25.1 Å². The Morgan fingerprint density at radius 1 is 1.50 bits per heavy atom. The fourth-order valence-corrected chi connectivity index (χ4v) is 3.44. The lowest BCUT2D eigenvalue weighted by atomic mass is 10.0. The van der Waals surface area contributed by atoms with E-state index in [1.807, 2.05) is 6.07 Å². The monoisotopic (exact) mass is 321 g/mol. The summed E-state index contributed by atoms with van der Waals surface area (Å²) in [6.07, 6.45) is 2.18. The van der Waals surface area contributed by atoms with Crippen LogP contribution in [0, 0.1) is 11.3 Å². The van der Waals surface area contributed by atoms with Gasteiger partial charge in [0.05, 0.1) is 17.2 Å². The summed E-state index contributed by atoms with van der Waals surface area (Å²) in [5.74, 6) is -0.566. The lowest BCUT2D eigenvalue weighted by Crippen LogP contribution is -2.46. The molecular weight excluding hydrogens is 302 g/mol. The lowest BCUT2D eigenvalue weighted by Gasteiger charge is -2.21. The largest absolute Gasteiger partial charge is 0.345 e. The summed E-state index contributed by atoms with van der Waals surface area (Å²) < 4.78 is 23.2. The second-order valence-corrected chi connectivity index (χ2v) is 7.38. The van der Waals surface area contributed by atoms with Gasteiger partial charge >= 0.3 is 0 Å². The van der Waals surface area contributed by atoms with Gasteiger partial charge in [0.1, 0.15) is 0 Å². The third-order valence-electron chi connectivity index (χ3n) is 3.90. The summed E-state index contributed by atoms with van der Waals surface area (Å²) in [5.41, 5.74) is 0.764. The highest BCUT2D eigenvalue weighted by molar-refractivity contribution is 7.90. The molecule has 0 unspecified atom stereocenters. The van der Waals surface area contributed by atoms with Crippen molar-refractivity contribution >= 4 is 15.9 Å². The van der Waals surface area contributed by atoms with Gasteiger partial charge in [0.25, 0.3) is 0 Å². The zero-order chi connectivity index (χ0) is 16.4. The Morgan fingerprint density at radius 2 is 2.18 bits per heavy atom. The van der Waals surface area contributed by atoms with Gasteiger partial charge in [-0.05, 0) is 37.0 Å². The predicted molar refractivity (Wildman–Crippen MR) is 82.0 cm³/mol. The average molecular weight is 321 g/mol. The molecule has 1 amide bonds. The van der Waals surface area contributed by atoms with Crippen LogP contribution in [0.15, 0.2) is 24.3 Å². The first kappa shape index (κ1) is 16.5. The number of carbonyl (C=O) groups excluding carboxylic acids is 1. The second kappa shape index (κ2) is 6.07. The molecule has 1 fully saturated rings. The minimum atomic E-state index is -3.93. The summed E-state index contributed by atoms with van der Waals surface area (Å²) >= 11 is 0. The van der Waals surface area contributed by atoms with E-state index >= 15 is 0 Å². The van der Waals surface area contributed by atoms with E-state index in [-0.39, 0.29) is 6.42 Å². The number of amides is 1. The molecule has 7 heteroatoms. The SMILES string of the molecule is CCC[C@H](C(=O)NC1(c2cccc(C#N)c2)CC1)S(N)(=O)=O. The van der Waals surface area contributed by atoms with Crippen LogP contribution in [-0.2, 0) is 20.4 Å². The van der Waals surface area contributed by atoms with E-state index in [1.165, 1.54) is 0 Å². The molecule has 118 valence electrons. The van der Waals surface area contributed by atoms with Crippen molar-refractivity contribution in [2.75, 3.05) is 0 Å². The molecule has 2 rings (SSSR count). The molecular formula is C15H19N3O3S. The van der Waals surface area contributed by atoms with E-state index in [2.05, 4.69) is 11.4 Å². The summed E-state index contributed by atoms with van der Waals surface area (Å²) in [4.78, 5) is 12.3. The Bertz CT molecular complexity index is 718. The molecule has 1 aliphatic carbocycles. The van der Waals surface area contributed by atoms with Crippen LogP contribution in [0.25, 0.3) is 0 Å². The Balaban J connectivity index is 2.21. The fourth-order valence-electron chi connectivity index (χ4n) is 2.52. The fraction of sp³-hybridized carbons (Fsp3) is 0.467. The molecule has 0 bridgehead atoms. The van der Waals surface area contributed by atoms with Crippen LogP contribution in [0.1, 0.15) is 43.7 Å². The molecule has 1 aliphatic rings. The first-order valence-corrected chi connectivity index (χ1v) is 8.77. The second-order valence-electron chi connectivity index (χ2n) is 5.63. The zero-order valence-electron chi connectivity index (χ0n) is 12.4. The van der Waals surface area contributed by atoms with Gasteiger partial charge in [0.2, 0.25) is 15.9 Å². The van der Waals surface area contributed by atoms with Gasteiger partial charge < -0.3 is 5.32 Å². The van der Waals surface area contributed by atoms with Crippen molar-refractivity contribution in [3.63, 3.8) is 0 Å². The molecule has 0 radical (unpaired) electrons. The van der Waals surface area contributed by atoms with Crippen molar-refractivity contribution in [2.24, 2.45) is 5.14 Å². The number of hydrogen-bond donors (Lipinski definition) is 2. The smallest absolute Gasteiger partial charge is 0.240 e. The topological polar surface area (TPSA) is 113 Å². The van der Waals surface area contributed by atoms with Crippen LogP contribution >= 0.6 is 0 Å². The van der Waals surface area contributed by atoms with Crippen LogP contribution in [0.5, 0.6) is 0 Å². The first-order chi connectivity index (χ1) is 10.3. The van der Waals surface area contributed by atoms with Gasteiger partial charge in [-0.2, -0.15) is 5.26 Å². The van der Waals surface area contributed by atoms with Crippen LogP contribution in [0.4, 0.5) is 0 Å². The summed E-state index contributed by atoms with van der Waals surface area (Å²) in [6.45, 7) is 1.80. The van der Waals surface area contributed by atoms with E-state index in [0.29, 0.717) is 12.0 Å². The average Bonchev–Trinajstić information content (AvgIpc) is 3.24. The Kier molecular flexibility index (Phi) is 4.54. The van der Waals surface area contributed by atoms with E-state index in [4.69, 9.17) is 10.4 Å². The molecule has 1 aromatic carbocycles. The molecule has 1 aromatic rings. The molecule has 22 heavy (non-hydrogen) atoms. The Morgan fingerprint density at radius 3 is 2.68 bits per heavy atom. The highest BCUT2D eigenvalue weighted by Crippen LogP contribution is 2.45. The number of sulfonamides is 1. The van der Waals surface area contributed by atoms with Crippen LogP contribution < -0.4 is 10.5 Å². The third-order valence-corrected chi connectivity index (χ3v) is 5.14. The first-order valence-electron chi connectivity index (χ1n) is 7.16. The predicted octanol–water partition coefficient (Wildman–Crippen LogP) is 1.12. The zero-order valence-corrected chi connectivity index (χ0v) is 13.2. The number of nitriles is 1. The van der Waals surface area contributed by atoms with Crippen molar-refractivity contribution in [1.29, 1.82) is 5.26 Å². The van der Waals surface area contributed by atoms with Crippen molar-refractivity contribution in [3.05, 3.63) is 35.4 Å². The maximum atomic E-state index is 12.3. The summed E-state index contributed by atoms with van der Waals surface area (Å²) in [6, 6.07) is 9.05. The summed E-state index contributed by atoms with van der Waals surface area (Å²) in [7, 11) is -3.93. The maximum Gasteiger partial charge on any atom is 0.240 e. The minimum Gasteiger partial charge on any atom is -0.345 e. The standard InChI is InChI=1S/C15H19N3O3S/c1-2-4-13(22(17,20)21)14(19)18-15(7-8-15)12-6-3-5-11(9-12)10-16/h3,5-6,9,13H,2,4,7-8H2,1H3,(H,18,19)(H2,17,20,21)/t13-/m1/s1. The van der Waals surface area contributed by atoms with Crippen LogP contribution in [-0.4, -0.2) is 19.6 Å². The number of nitrogens with two attached hydrogens (primary N) is 1. The number of hydrogen-bond acceptors (Lipinski definition) is 4. The quantitative estimate of drug-likeness (QED) is 0.817. The van der Waals surface area contributed by atoms with Crippen LogP contribution in [0.3, 0.4) is 0 Å². The molecule has 0 aromatic heterocycles. The number of nitrogens with zero attached hydrogens (tertiary/aromatic N) is 1. The third kappa shape index (κ3) is 3.46. The van der Waals surface area contributed by atoms with Gasteiger partial charge in [-0.15, -0.1) is 0 Å². The minimum absolute atomic E-state index is 0.193. The number of rotatable bonds is 6. The van der Waals surface area contributed by atoms with Crippen molar-refractivity contribution in [1.82, 2.24) is 5.32 Å². The van der Waals surface area contributed by atoms with Crippen molar-refractivity contribution < 1.29 is 13.2 Å². The van der Waals surface area contributed by atoms with Gasteiger partial charge in [0.15, 0.2) is 5.25 Å². The van der Waals surface area contributed by atoms with Gasteiger partial charge in [-0.3, -0.25) is 4.79 Å². The normalized spacial score (nSPS) is 17.3. The van der Waals surface area contributed by atoms with E-state index in [0.717, 1.165) is 18.4 Å². The van der Waals surface area contributed by atoms with Gasteiger partial charge in [0, 0.05) is 0 Å². The molecule has 0 heterocycles. The number of benzene rings is 1. The maximum absolute atomic E-state index is 12.3. The highest BCUT2D eigenvalue weighted by Gasteiger charge is 2.47. The Labute approximate surface area is 130 Å². The van der Waals surface area contributed by atoms with E-state index < -0.39 is 26.7 Å². The highest BCUT2D eigenvalue weighted by atomic mass is 32.2. The molecule has 0 saturated heterocycles. The van der Waals surface area contributed by atoms with Crippen LogP contribution in [0.2, 0.25) is 0 Å². The Hall–Kier alpha value is -1.91. The van der Waals surface area contributed by atoms with Gasteiger partial charge in [-0.25, -0.2) is 13.6 Å². The number of carbonyl (C=O) groups is 1. The van der Waals surface area contributed by atoms with E-state index in [9.17, 15) is 13.2 Å². The molecule has 3 N–H and O–H groups in total. The van der Waals surface area contributed by atoms with Gasteiger partial charge in [-0.1, -0.05) is 25.5 Å². The lowest BCUT2D eigenvalue weighted by molar-refractivity contribution is -0.121. The molecule has 1 atom stereocenters. The van der Waals surface area contributed by atoms with Crippen molar-refractivity contribution in [2.45, 2.75) is 43.4 Å². The van der Waals surface area contributed by atoms with Crippen molar-refractivity contribution in [3.8, 4) is 6.07 Å². The summed E-state index contributed by atoms with van der Waals surface area (Å²) in [5, 5.41) is 15.7. The molecule has 6 nitrogen and oxygen atoms in total. The molecule has 0 aliphatic heterocycles.